The number of rotatable bonds is 3. The van der Waals surface area contributed by atoms with Gasteiger partial charge in [0, 0.05) is 12.6 Å². The molecule has 0 radical (unpaired) electrons. The van der Waals surface area contributed by atoms with Gasteiger partial charge < -0.3 is 4.74 Å². The zero-order valence-electron chi connectivity index (χ0n) is 9.18. The quantitative estimate of drug-likeness (QED) is 0.739. The third kappa shape index (κ3) is 2.11. The van der Waals surface area contributed by atoms with Crippen LogP contribution in [0, 0.1) is 6.92 Å². The lowest BCUT2D eigenvalue weighted by Gasteiger charge is -2.06. The molecule has 0 aliphatic rings. The van der Waals surface area contributed by atoms with Crippen LogP contribution >= 0.6 is 0 Å². The summed E-state index contributed by atoms with van der Waals surface area (Å²) in [4.78, 5) is 10.6. The van der Waals surface area contributed by atoms with Crippen LogP contribution < -0.4 is 4.74 Å². The van der Waals surface area contributed by atoms with Crippen LogP contribution in [0.5, 0.6) is 11.5 Å². The first-order valence-corrected chi connectivity index (χ1v) is 4.91. The number of carbonyl (C=O) groups excluding carboxylic acids is 1. The van der Waals surface area contributed by atoms with Crippen LogP contribution in [0.3, 0.4) is 0 Å². The summed E-state index contributed by atoms with van der Waals surface area (Å²) in [5, 5.41) is 4.01. The van der Waals surface area contributed by atoms with E-state index in [4.69, 9.17) is 4.74 Å². The van der Waals surface area contributed by atoms with E-state index in [1.807, 2.05) is 14.0 Å². The molecular formula is C12H12N2O2. The highest BCUT2D eigenvalue weighted by molar-refractivity contribution is 5.75. The summed E-state index contributed by atoms with van der Waals surface area (Å²) in [6, 6.07) is 5.30. The monoisotopic (exact) mass is 216 g/mol. The van der Waals surface area contributed by atoms with Crippen molar-refractivity contribution in [2.24, 2.45) is 7.05 Å². The topological polar surface area (TPSA) is 44.1 Å². The summed E-state index contributed by atoms with van der Waals surface area (Å²) in [5.74, 6) is 1.42. The maximum atomic E-state index is 10.6. The fourth-order valence-corrected chi connectivity index (χ4v) is 1.44. The molecule has 0 spiro atoms. The van der Waals surface area contributed by atoms with Gasteiger partial charge in [-0.15, -0.1) is 0 Å². The molecule has 0 atom stereocenters. The molecule has 82 valence electrons. The Labute approximate surface area is 93.5 Å². The molecule has 0 aliphatic carbocycles. The van der Waals surface area contributed by atoms with E-state index < -0.39 is 0 Å². The minimum atomic E-state index is 0.649. The average molecular weight is 216 g/mol. The predicted molar refractivity (Wildman–Crippen MR) is 59.8 cm³/mol. The number of benzene rings is 1. The van der Waals surface area contributed by atoms with Crippen LogP contribution in [-0.4, -0.2) is 16.1 Å². The minimum Gasteiger partial charge on any atom is -0.454 e. The molecule has 0 fully saturated rings. The third-order valence-electron chi connectivity index (χ3n) is 2.24. The van der Waals surface area contributed by atoms with Crippen molar-refractivity contribution < 1.29 is 9.53 Å². The molecule has 16 heavy (non-hydrogen) atoms. The molecule has 2 aromatic rings. The number of nitrogens with zero attached hydrogens (tertiary/aromatic N) is 2. The summed E-state index contributed by atoms with van der Waals surface area (Å²) in [6.45, 7) is 1.90. The summed E-state index contributed by atoms with van der Waals surface area (Å²) in [7, 11) is 1.83. The molecule has 0 amide bonds. The van der Waals surface area contributed by atoms with Crippen molar-refractivity contribution in [3.63, 3.8) is 0 Å². The van der Waals surface area contributed by atoms with E-state index in [2.05, 4.69) is 5.10 Å². The molecule has 0 aliphatic heterocycles. The Morgan fingerprint density at radius 3 is 2.81 bits per heavy atom. The smallest absolute Gasteiger partial charge is 0.165 e. The van der Waals surface area contributed by atoms with Gasteiger partial charge in [-0.05, 0) is 30.7 Å². The van der Waals surface area contributed by atoms with Gasteiger partial charge in [0.25, 0.3) is 0 Å². The van der Waals surface area contributed by atoms with Crippen molar-refractivity contribution in [3.8, 4) is 11.5 Å². The second-order valence-corrected chi connectivity index (χ2v) is 3.59. The lowest BCUT2D eigenvalue weighted by molar-refractivity contribution is 0.112. The number of hydrogen-bond acceptors (Lipinski definition) is 3. The highest BCUT2D eigenvalue weighted by Crippen LogP contribution is 2.24. The first-order valence-electron chi connectivity index (χ1n) is 4.91. The SMILES string of the molecule is Cc1cc(C=O)ccc1Oc1cnn(C)c1. The van der Waals surface area contributed by atoms with Crippen molar-refractivity contribution in [1.82, 2.24) is 9.78 Å². The van der Waals surface area contributed by atoms with Crippen LogP contribution in [0.15, 0.2) is 30.6 Å². The van der Waals surface area contributed by atoms with E-state index in [1.165, 1.54) is 0 Å². The highest BCUT2D eigenvalue weighted by Gasteiger charge is 2.03. The van der Waals surface area contributed by atoms with Crippen LogP contribution in [0.4, 0.5) is 0 Å². The molecule has 0 saturated carbocycles. The Hall–Kier alpha value is -2.10. The largest absolute Gasteiger partial charge is 0.454 e. The van der Waals surface area contributed by atoms with Crippen molar-refractivity contribution in [2.75, 3.05) is 0 Å². The summed E-state index contributed by atoms with van der Waals surface area (Å²) < 4.78 is 7.30. The van der Waals surface area contributed by atoms with Gasteiger partial charge in [-0.3, -0.25) is 9.48 Å². The number of carbonyl (C=O) groups is 1. The van der Waals surface area contributed by atoms with E-state index in [1.54, 1.807) is 35.3 Å². The third-order valence-corrected chi connectivity index (χ3v) is 2.24. The molecule has 0 unspecified atom stereocenters. The van der Waals surface area contributed by atoms with Gasteiger partial charge >= 0.3 is 0 Å². The fourth-order valence-electron chi connectivity index (χ4n) is 1.44. The molecule has 0 N–H and O–H groups in total. The summed E-state index contributed by atoms with van der Waals surface area (Å²) >= 11 is 0. The van der Waals surface area contributed by atoms with E-state index in [0.29, 0.717) is 11.3 Å². The molecule has 2 rings (SSSR count). The molecule has 4 heteroatoms. The zero-order valence-corrected chi connectivity index (χ0v) is 9.18. The number of ether oxygens (including phenoxy) is 1. The molecule has 1 heterocycles. The maximum Gasteiger partial charge on any atom is 0.165 e. The first-order chi connectivity index (χ1) is 7.69. The first kappa shape index (κ1) is 10.4. The Morgan fingerprint density at radius 2 is 2.25 bits per heavy atom. The van der Waals surface area contributed by atoms with Gasteiger partial charge in [0.05, 0.1) is 12.4 Å². The molecule has 0 saturated heterocycles. The Kier molecular flexibility index (Phi) is 2.72. The van der Waals surface area contributed by atoms with Gasteiger partial charge in [-0.25, -0.2) is 0 Å². The minimum absolute atomic E-state index is 0.649. The van der Waals surface area contributed by atoms with Gasteiger partial charge in [0.15, 0.2) is 5.75 Å². The highest BCUT2D eigenvalue weighted by atomic mass is 16.5. The van der Waals surface area contributed by atoms with Crippen LogP contribution in [0.1, 0.15) is 15.9 Å². The van der Waals surface area contributed by atoms with Gasteiger partial charge in [0.2, 0.25) is 0 Å². The maximum absolute atomic E-state index is 10.6. The second-order valence-electron chi connectivity index (χ2n) is 3.59. The van der Waals surface area contributed by atoms with E-state index >= 15 is 0 Å². The standard InChI is InChI=1S/C12H12N2O2/c1-9-5-10(8-15)3-4-12(9)16-11-6-13-14(2)7-11/h3-8H,1-2H3. The molecular weight excluding hydrogens is 204 g/mol. The molecule has 0 bridgehead atoms. The average Bonchev–Trinajstić information content (AvgIpc) is 2.67. The Morgan fingerprint density at radius 1 is 1.44 bits per heavy atom. The van der Waals surface area contributed by atoms with E-state index in [9.17, 15) is 4.79 Å². The summed E-state index contributed by atoms with van der Waals surface area (Å²) in [6.07, 6.45) is 4.25. The lowest BCUT2D eigenvalue weighted by atomic mass is 10.1. The molecule has 1 aromatic heterocycles. The van der Waals surface area contributed by atoms with Crippen molar-refractivity contribution in [2.45, 2.75) is 6.92 Å². The van der Waals surface area contributed by atoms with Gasteiger partial charge in [-0.1, -0.05) is 0 Å². The normalized spacial score (nSPS) is 10.1. The Balaban J connectivity index is 2.25. The number of aromatic nitrogens is 2. The number of aldehydes is 1. The predicted octanol–water partition coefficient (Wildman–Crippen LogP) is 2.33. The lowest BCUT2D eigenvalue weighted by Crippen LogP contribution is -1.89. The number of aryl methyl sites for hydroxylation is 2. The van der Waals surface area contributed by atoms with Gasteiger partial charge in [0.1, 0.15) is 12.0 Å². The van der Waals surface area contributed by atoms with Crippen molar-refractivity contribution in [1.29, 1.82) is 0 Å². The van der Waals surface area contributed by atoms with Crippen molar-refractivity contribution >= 4 is 6.29 Å². The van der Waals surface area contributed by atoms with Crippen LogP contribution in [-0.2, 0) is 7.05 Å². The van der Waals surface area contributed by atoms with Crippen molar-refractivity contribution in [3.05, 3.63) is 41.7 Å². The summed E-state index contributed by atoms with van der Waals surface area (Å²) in [5.41, 5.74) is 1.57. The zero-order chi connectivity index (χ0) is 11.5. The Bertz CT molecular complexity index is 517. The molecule has 1 aromatic carbocycles. The van der Waals surface area contributed by atoms with Gasteiger partial charge in [-0.2, -0.15) is 5.10 Å². The van der Waals surface area contributed by atoms with Crippen LogP contribution in [0.2, 0.25) is 0 Å². The van der Waals surface area contributed by atoms with E-state index in [0.717, 1.165) is 17.6 Å². The fraction of sp³-hybridized carbons (Fsp3) is 0.167. The van der Waals surface area contributed by atoms with Crippen LogP contribution in [0.25, 0.3) is 0 Å². The molecule has 4 nitrogen and oxygen atoms in total. The number of hydrogen-bond donors (Lipinski definition) is 0. The van der Waals surface area contributed by atoms with E-state index in [-0.39, 0.29) is 0 Å². The second kappa shape index (κ2) is 4.18.